The molecule has 0 spiro atoms. The molecule has 1 aromatic heterocycles. The number of benzene rings is 1. The van der Waals surface area contributed by atoms with E-state index in [2.05, 4.69) is 5.16 Å². The van der Waals surface area contributed by atoms with Crippen LogP contribution >= 0.6 is 0 Å². The van der Waals surface area contributed by atoms with Crippen molar-refractivity contribution in [3.05, 3.63) is 74.7 Å². The summed E-state index contributed by atoms with van der Waals surface area (Å²) in [5, 5.41) is 22.8. The number of oxime groups is 1. The molecule has 1 heterocycles. The van der Waals surface area contributed by atoms with Crippen molar-refractivity contribution in [3.8, 4) is 0 Å². The zero-order valence-electron chi connectivity index (χ0n) is 10.3. The van der Waals surface area contributed by atoms with Gasteiger partial charge in [0.1, 0.15) is 5.71 Å². The fraction of sp³-hybridized carbons (Fsp3) is 0.0769. The van der Waals surface area contributed by atoms with E-state index in [9.17, 15) is 14.9 Å². The van der Waals surface area contributed by atoms with E-state index in [1.54, 1.807) is 18.3 Å². The van der Waals surface area contributed by atoms with Gasteiger partial charge in [-0.2, -0.15) is 0 Å². The molecule has 0 unspecified atom stereocenters. The lowest BCUT2D eigenvalue weighted by Gasteiger charge is -2.07. The first kappa shape index (κ1) is 13.5. The van der Waals surface area contributed by atoms with Crippen LogP contribution in [0, 0.1) is 10.1 Å². The third-order valence-corrected chi connectivity index (χ3v) is 2.75. The van der Waals surface area contributed by atoms with Crippen LogP contribution in [0.25, 0.3) is 0 Å². The molecular formula is C13H11N3O4. The number of pyridine rings is 1. The monoisotopic (exact) mass is 273 g/mol. The van der Waals surface area contributed by atoms with E-state index in [4.69, 9.17) is 5.21 Å². The van der Waals surface area contributed by atoms with Crippen LogP contribution in [0.15, 0.2) is 58.6 Å². The average molecular weight is 273 g/mol. The van der Waals surface area contributed by atoms with E-state index in [0.29, 0.717) is 5.56 Å². The van der Waals surface area contributed by atoms with Gasteiger partial charge in [0.25, 0.3) is 11.2 Å². The van der Waals surface area contributed by atoms with Crippen LogP contribution in [0.4, 0.5) is 5.69 Å². The number of nitro benzene ring substituents is 1. The van der Waals surface area contributed by atoms with Crippen LogP contribution < -0.4 is 5.56 Å². The number of nitrogens with zero attached hydrogens (tertiary/aromatic N) is 3. The van der Waals surface area contributed by atoms with Crippen molar-refractivity contribution in [2.24, 2.45) is 5.16 Å². The van der Waals surface area contributed by atoms with E-state index in [-0.39, 0.29) is 23.5 Å². The Kier molecular flexibility index (Phi) is 3.90. The normalized spacial score (nSPS) is 11.3. The highest BCUT2D eigenvalue weighted by Crippen LogP contribution is 2.13. The van der Waals surface area contributed by atoms with Gasteiger partial charge in [-0.05, 0) is 18.2 Å². The molecular weight excluding hydrogens is 262 g/mol. The maximum absolute atomic E-state index is 11.6. The Bertz CT molecular complexity index is 704. The molecule has 2 aromatic rings. The summed E-state index contributed by atoms with van der Waals surface area (Å²) < 4.78 is 1.37. The number of non-ortho nitro benzene ring substituents is 1. The molecule has 0 aliphatic carbocycles. The third kappa shape index (κ3) is 2.89. The van der Waals surface area contributed by atoms with Crippen LogP contribution in [-0.2, 0) is 6.54 Å². The van der Waals surface area contributed by atoms with Crippen LogP contribution in [0.5, 0.6) is 0 Å². The van der Waals surface area contributed by atoms with E-state index in [1.165, 1.54) is 34.9 Å². The first-order valence-electron chi connectivity index (χ1n) is 5.73. The van der Waals surface area contributed by atoms with Crippen molar-refractivity contribution < 1.29 is 10.1 Å². The molecule has 0 aliphatic rings. The van der Waals surface area contributed by atoms with E-state index >= 15 is 0 Å². The predicted molar refractivity (Wildman–Crippen MR) is 72.1 cm³/mol. The number of nitro groups is 1. The minimum atomic E-state index is -0.513. The Hall–Kier alpha value is -2.96. The summed E-state index contributed by atoms with van der Waals surface area (Å²) in [5.41, 5.74) is 0.473. The van der Waals surface area contributed by atoms with Crippen molar-refractivity contribution in [3.63, 3.8) is 0 Å². The summed E-state index contributed by atoms with van der Waals surface area (Å²) in [7, 11) is 0. The van der Waals surface area contributed by atoms with Gasteiger partial charge in [-0.1, -0.05) is 11.2 Å². The topological polar surface area (TPSA) is 97.7 Å². The SMILES string of the molecule is O=c1ccccn1CC(=NO)c1ccc([N+](=O)[O-])cc1. The first-order valence-corrected chi connectivity index (χ1v) is 5.73. The summed E-state index contributed by atoms with van der Waals surface area (Å²) >= 11 is 0. The highest BCUT2D eigenvalue weighted by atomic mass is 16.6. The highest BCUT2D eigenvalue weighted by molar-refractivity contribution is 6.00. The van der Waals surface area contributed by atoms with Gasteiger partial charge in [-0.25, -0.2) is 0 Å². The Balaban J connectivity index is 2.28. The average Bonchev–Trinajstić information content (AvgIpc) is 2.46. The lowest BCUT2D eigenvalue weighted by Crippen LogP contribution is -2.23. The zero-order valence-corrected chi connectivity index (χ0v) is 10.3. The Morgan fingerprint density at radius 2 is 1.95 bits per heavy atom. The highest BCUT2D eigenvalue weighted by Gasteiger charge is 2.09. The van der Waals surface area contributed by atoms with Gasteiger partial charge < -0.3 is 9.77 Å². The molecule has 2 rings (SSSR count). The third-order valence-electron chi connectivity index (χ3n) is 2.75. The second-order valence-electron chi connectivity index (χ2n) is 4.02. The van der Waals surface area contributed by atoms with Crippen LogP contribution in [0.2, 0.25) is 0 Å². The molecule has 1 aromatic carbocycles. The summed E-state index contributed by atoms with van der Waals surface area (Å²) in [4.78, 5) is 21.6. The zero-order chi connectivity index (χ0) is 14.5. The standard InChI is InChI=1S/C13H11N3O4/c17-13-3-1-2-8-15(13)9-12(14-18)10-4-6-11(7-5-10)16(19)20/h1-8,18H,9H2. The first-order chi connectivity index (χ1) is 9.61. The van der Waals surface area contributed by atoms with E-state index in [0.717, 1.165) is 0 Å². The Morgan fingerprint density at radius 3 is 2.50 bits per heavy atom. The summed E-state index contributed by atoms with van der Waals surface area (Å²) in [6.07, 6.45) is 1.57. The minimum absolute atomic E-state index is 0.0529. The molecule has 7 heteroatoms. The molecule has 7 nitrogen and oxygen atoms in total. The van der Waals surface area contributed by atoms with Crippen molar-refractivity contribution in [1.29, 1.82) is 0 Å². The molecule has 0 fully saturated rings. The molecule has 0 bridgehead atoms. The molecule has 20 heavy (non-hydrogen) atoms. The van der Waals surface area contributed by atoms with E-state index in [1.807, 2.05) is 0 Å². The fourth-order valence-electron chi connectivity index (χ4n) is 1.71. The molecule has 0 saturated heterocycles. The molecule has 0 amide bonds. The minimum Gasteiger partial charge on any atom is -0.411 e. The van der Waals surface area contributed by atoms with Gasteiger partial charge in [0.15, 0.2) is 0 Å². The van der Waals surface area contributed by atoms with Gasteiger partial charge in [-0.15, -0.1) is 0 Å². The van der Waals surface area contributed by atoms with Gasteiger partial charge in [-0.3, -0.25) is 14.9 Å². The Morgan fingerprint density at radius 1 is 1.25 bits per heavy atom. The lowest BCUT2D eigenvalue weighted by atomic mass is 10.1. The van der Waals surface area contributed by atoms with Gasteiger partial charge in [0.2, 0.25) is 0 Å². The molecule has 1 N–H and O–H groups in total. The maximum Gasteiger partial charge on any atom is 0.269 e. The van der Waals surface area contributed by atoms with Crippen LogP contribution in [-0.4, -0.2) is 20.4 Å². The molecule has 0 saturated carbocycles. The van der Waals surface area contributed by atoms with Crippen molar-refractivity contribution in [2.45, 2.75) is 6.54 Å². The van der Waals surface area contributed by atoms with Gasteiger partial charge in [0, 0.05) is 30.0 Å². The molecule has 0 aliphatic heterocycles. The largest absolute Gasteiger partial charge is 0.411 e. The van der Waals surface area contributed by atoms with Crippen molar-refractivity contribution in [1.82, 2.24) is 4.57 Å². The smallest absolute Gasteiger partial charge is 0.269 e. The van der Waals surface area contributed by atoms with Crippen LogP contribution in [0.1, 0.15) is 5.56 Å². The van der Waals surface area contributed by atoms with Gasteiger partial charge in [0.05, 0.1) is 11.5 Å². The van der Waals surface area contributed by atoms with Crippen molar-refractivity contribution in [2.75, 3.05) is 0 Å². The number of hydrogen-bond acceptors (Lipinski definition) is 5. The molecule has 0 atom stereocenters. The van der Waals surface area contributed by atoms with Crippen molar-refractivity contribution >= 4 is 11.4 Å². The molecule has 102 valence electrons. The lowest BCUT2D eigenvalue weighted by molar-refractivity contribution is -0.384. The number of aromatic nitrogens is 1. The van der Waals surface area contributed by atoms with Gasteiger partial charge >= 0.3 is 0 Å². The number of hydrogen-bond donors (Lipinski definition) is 1. The summed E-state index contributed by atoms with van der Waals surface area (Å²) in [6, 6.07) is 10.3. The number of rotatable bonds is 4. The second-order valence-corrected chi connectivity index (χ2v) is 4.02. The van der Waals surface area contributed by atoms with E-state index < -0.39 is 4.92 Å². The quantitative estimate of drug-likeness (QED) is 0.396. The maximum atomic E-state index is 11.6. The Labute approximate surface area is 113 Å². The predicted octanol–water partition coefficient (Wildman–Crippen LogP) is 1.64. The fourth-order valence-corrected chi connectivity index (χ4v) is 1.71. The summed E-state index contributed by atoms with van der Waals surface area (Å²) in [6.45, 7) is 0.0774. The summed E-state index contributed by atoms with van der Waals surface area (Å²) in [5.74, 6) is 0. The molecule has 0 radical (unpaired) electrons. The van der Waals surface area contributed by atoms with Crippen LogP contribution in [0.3, 0.4) is 0 Å². The second kappa shape index (κ2) is 5.79.